The van der Waals surface area contributed by atoms with Crippen LogP contribution in [-0.2, 0) is 4.79 Å². The molecule has 2 fully saturated rings. The summed E-state index contributed by atoms with van der Waals surface area (Å²) >= 11 is 0. The SMILES string of the molecule is Cl.NCC(F)(F)CNC(=O)C1CCC2CCCCC2C1. The fourth-order valence-corrected chi connectivity index (χ4v) is 3.54. The minimum Gasteiger partial charge on any atom is -0.350 e. The van der Waals surface area contributed by atoms with Crippen molar-refractivity contribution in [2.24, 2.45) is 23.5 Å². The molecule has 3 unspecified atom stereocenters. The van der Waals surface area contributed by atoms with Gasteiger partial charge in [-0.1, -0.05) is 25.7 Å². The molecule has 1 amide bonds. The summed E-state index contributed by atoms with van der Waals surface area (Å²) in [6.07, 6.45) is 7.85. The third kappa shape index (κ3) is 4.55. The van der Waals surface area contributed by atoms with Crippen LogP contribution in [0.2, 0.25) is 0 Å². The Morgan fingerprint density at radius 3 is 2.45 bits per heavy atom. The van der Waals surface area contributed by atoms with Crippen LogP contribution < -0.4 is 11.1 Å². The highest BCUT2D eigenvalue weighted by Gasteiger charge is 2.36. The number of rotatable bonds is 4. The van der Waals surface area contributed by atoms with Crippen LogP contribution in [-0.4, -0.2) is 24.9 Å². The second kappa shape index (κ2) is 7.55. The highest BCUT2D eigenvalue weighted by atomic mass is 35.5. The summed E-state index contributed by atoms with van der Waals surface area (Å²) < 4.78 is 26.0. The number of alkyl halides is 2. The Hall–Kier alpha value is -0.420. The molecule has 0 radical (unpaired) electrons. The van der Waals surface area contributed by atoms with Gasteiger partial charge >= 0.3 is 0 Å². The van der Waals surface area contributed by atoms with Gasteiger partial charge in [0.2, 0.25) is 5.91 Å². The predicted molar refractivity (Wildman–Crippen MR) is 77.0 cm³/mol. The van der Waals surface area contributed by atoms with Gasteiger partial charge in [-0.25, -0.2) is 8.78 Å². The highest BCUT2D eigenvalue weighted by molar-refractivity contribution is 5.85. The second-order valence-electron chi connectivity index (χ2n) is 6.09. The molecule has 2 rings (SSSR count). The average molecular weight is 311 g/mol. The molecule has 0 aromatic rings. The maximum Gasteiger partial charge on any atom is 0.277 e. The molecule has 20 heavy (non-hydrogen) atoms. The van der Waals surface area contributed by atoms with Crippen LogP contribution >= 0.6 is 12.4 Å². The van der Waals surface area contributed by atoms with Gasteiger partial charge in [-0.05, 0) is 31.1 Å². The van der Waals surface area contributed by atoms with E-state index in [0.717, 1.165) is 25.2 Å². The molecule has 2 aliphatic carbocycles. The third-order valence-corrected chi connectivity index (χ3v) is 4.73. The van der Waals surface area contributed by atoms with Gasteiger partial charge in [-0.3, -0.25) is 4.79 Å². The molecule has 0 aromatic carbocycles. The van der Waals surface area contributed by atoms with Crippen molar-refractivity contribution in [2.75, 3.05) is 13.1 Å². The van der Waals surface area contributed by atoms with Gasteiger partial charge in [0.15, 0.2) is 0 Å². The number of hydrogen-bond acceptors (Lipinski definition) is 2. The normalized spacial score (nSPS) is 30.1. The van der Waals surface area contributed by atoms with Crippen LogP contribution in [0.15, 0.2) is 0 Å². The molecule has 0 aliphatic heterocycles. The van der Waals surface area contributed by atoms with Gasteiger partial charge in [0.1, 0.15) is 0 Å². The maximum absolute atomic E-state index is 13.0. The monoisotopic (exact) mass is 310 g/mol. The van der Waals surface area contributed by atoms with Crippen molar-refractivity contribution in [1.82, 2.24) is 5.32 Å². The topological polar surface area (TPSA) is 55.1 Å². The molecule has 118 valence electrons. The van der Waals surface area contributed by atoms with Crippen LogP contribution in [0.3, 0.4) is 0 Å². The van der Waals surface area contributed by atoms with Crippen LogP contribution in [0, 0.1) is 17.8 Å². The Labute approximate surface area is 125 Å². The van der Waals surface area contributed by atoms with E-state index in [1.54, 1.807) is 0 Å². The first-order valence-corrected chi connectivity index (χ1v) is 7.37. The molecule has 6 heteroatoms. The minimum absolute atomic E-state index is 0. The van der Waals surface area contributed by atoms with E-state index in [-0.39, 0.29) is 24.2 Å². The number of carbonyl (C=O) groups excluding carboxylic acids is 1. The van der Waals surface area contributed by atoms with Crippen LogP contribution in [0.4, 0.5) is 8.78 Å². The smallest absolute Gasteiger partial charge is 0.277 e. The fourth-order valence-electron chi connectivity index (χ4n) is 3.54. The summed E-state index contributed by atoms with van der Waals surface area (Å²) in [5.41, 5.74) is 4.96. The first-order valence-electron chi connectivity index (χ1n) is 7.37. The molecule has 0 aromatic heterocycles. The number of nitrogens with one attached hydrogen (secondary N) is 1. The van der Waals surface area contributed by atoms with Gasteiger partial charge < -0.3 is 11.1 Å². The highest BCUT2D eigenvalue weighted by Crippen LogP contribution is 2.42. The summed E-state index contributed by atoms with van der Waals surface area (Å²) in [5.74, 6) is -1.88. The second-order valence-corrected chi connectivity index (χ2v) is 6.09. The number of halogens is 3. The summed E-state index contributed by atoms with van der Waals surface area (Å²) in [7, 11) is 0. The van der Waals surface area contributed by atoms with E-state index in [9.17, 15) is 13.6 Å². The zero-order valence-electron chi connectivity index (χ0n) is 11.7. The van der Waals surface area contributed by atoms with Crippen molar-refractivity contribution in [1.29, 1.82) is 0 Å². The molecule has 3 N–H and O–H groups in total. The standard InChI is InChI=1S/C14H24F2N2O.ClH/c15-14(16,8-17)9-18-13(19)12-6-5-10-3-1-2-4-11(10)7-12;/h10-12H,1-9,17H2,(H,18,19);1H. The van der Waals surface area contributed by atoms with Crippen molar-refractivity contribution < 1.29 is 13.6 Å². The summed E-state index contributed by atoms with van der Waals surface area (Å²) in [4.78, 5) is 11.9. The van der Waals surface area contributed by atoms with Gasteiger partial charge in [-0.2, -0.15) is 0 Å². The van der Waals surface area contributed by atoms with Crippen molar-refractivity contribution in [3.05, 3.63) is 0 Å². The Bertz CT molecular complexity index is 328. The zero-order valence-corrected chi connectivity index (χ0v) is 12.6. The van der Waals surface area contributed by atoms with E-state index >= 15 is 0 Å². The molecule has 0 spiro atoms. The lowest BCUT2D eigenvalue weighted by Crippen LogP contribution is -2.45. The Kier molecular flexibility index (Phi) is 6.65. The maximum atomic E-state index is 13.0. The van der Waals surface area contributed by atoms with Crippen LogP contribution in [0.25, 0.3) is 0 Å². The van der Waals surface area contributed by atoms with Gasteiger partial charge in [-0.15, -0.1) is 12.4 Å². The summed E-state index contributed by atoms with van der Waals surface area (Å²) in [5, 5.41) is 2.37. The lowest BCUT2D eigenvalue weighted by molar-refractivity contribution is -0.129. The number of amides is 1. The Balaban J connectivity index is 0.00000200. The Morgan fingerprint density at radius 1 is 1.15 bits per heavy atom. The van der Waals surface area contributed by atoms with Crippen LogP contribution in [0.1, 0.15) is 44.9 Å². The number of nitrogens with two attached hydrogens (primary N) is 1. The van der Waals surface area contributed by atoms with Gasteiger partial charge in [0, 0.05) is 5.92 Å². The molecular formula is C14H25ClF2N2O. The molecule has 2 aliphatic rings. The largest absolute Gasteiger partial charge is 0.350 e. The first kappa shape index (κ1) is 17.6. The molecule has 0 heterocycles. The van der Waals surface area contributed by atoms with Gasteiger partial charge in [0.05, 0.1) is 13.1 Å². The first-order chi connectivity index (χ1) is 9.02. The Morgan fingerprint density at radius 2 is 1.80 bits per heavy atom. The number of hydrogen-bond donors (Lipinski definition) is 2. The van der Waals surface area contributed by atoms with Crippen LogP contribution in [0.5, 0.6) is 0 Å². The fraction of sp³-hybridized carbons (Fsp3) is 0.929. The molecule has 0 saturated heterocycles. The van der Waals surface area contributed by atoms with E-state index < -0.39 is 19.0 Å². The predicted octanol–water partition coefficient (Wildman–Crippen LogP) is 2.72. The lowest BCUT2D eigenvalue weighted by Gasteiger charge is -2.38. The summed E-state index contributed by atoms with van der Waals surface area (Å²) in [6, 6.07) is 0. The van der Waals surface area contributed by atoms with Crippen molar-refractivity contribution in [3.8, 4) is 0 Å². The molecule has 3 nitrogen and oxygen atoms in total. The lowest BCUT2D eigenvalue weighted by atomic mass is 9.67. The van der Waals surface area contributed by atoms with E-state index in [2.05, 4.69) is 5.32 Å². The van der Waals surface area contributed by atoms with E-state index in [1.807, 2.05) is 0 Å². The summed E-state index contributed by atoms with van der Waals surface area (Å²) in [6.45, 7) is -1.35. The average Bonchev–Trinajstić information content (AvgIpc) is 2.44. The quantitative estimate of drug-likeness (QED) is 0.839. The van der Waals surface area contributed by atoms with Crippen molar-refractivity contribution >= 4 is 18.3 Å². The van der Waals surface area contributed by atoms with Crippen molar-refractivity contribution in [2.45, 2.75) is 50.9 Å². The van der Waals surface area contributed by atoms with E-state index in [4.69, 9.17) is 5.73 Å². The number of carbonyl (C=O) groups is 1. The van der Waals surface area contributed by atoms with E-state index in [0.29, 0.717) is 5.92 Å². The van der Waals surface area contributed by atoms with Crippen molar-refractivity contribution in [3.63, 3.8) is 0 Å². The van der Waals surface area contributed by atoms with E-state index in [1.165, 1.54) is 25.7 Å². The van der Waals surface area contributed by atoms with Gasteiger partial charge in [0.25, 0.3) is 5.92 Å². The number of fused-ring (bicyclic) bond motifs is 1. The third-order valence-electron chi connectivity index (χ3n) is 4.73. The zero-order chi connectivity index (χ0) is 13.9. The molecule has 3 atom stereocenters. The molecule has 2 saturated carbocycles. The molecule has 0 bridgehead atoms. The molecular weight excluding hydrogens is 286 g/mol. The minimum atomic E-state index is -2.99.